The largest absolute Gasteiger partial charge is 0.506 e. The molecule has 1 aliphatic heterocycles. The Morgan fingerprint density at radius 2 is 2.09 bits per heavy atom. The number of methoxy groups -OCH3 is 1. The van der Waals surface area contributed by atoms with Crippen LogP contribution in [0.25, 0.3) is 10.9 Å². The molecule has 3 aromatic rings. The molecule has 0 amide bonds. The average Bonchev–Trinajstić information content (AvgIpc) is 3.28. The number of pyridine rings is 1. The van der Waals surface area contributed by atoms with Crippen molar-refractivity contribution in [2.75, 3.05) is 32.1 Å². The Labute approximate surface area is 197 Å². The third-order valence-corrected chi connectivity index (χ3v) is 5.81. The maximum absolute atomic E-state index is 14.3. The van der Waals surface area contributed by atoms with E-state index in [-0.39, 0.29) is 28.9 Å². The van der Waals surface area contributed by atoms with E-state index in [0.29, 0.717) is 29.3 Å². The van der Waals surface area contributed by atoms with Crippen LogP contribution >= 0.6 is 24.0 Å². The monoisotopic (exact) mass is 481 g/mol. The van der Waals surface area contributed by atoms with Gasteiger partial charge in [0.25, 0.3) is 0 Å². The highest BCUT2D eigenvalue weighted by Gasteiger charge is 2.15. The number of fused-ring (bicyclic) bond motifs is 1. The van der Waals surface area contributed by atoms with Crippen LogP contribution in [0.4, 0.5) is 15.8 Å². The molecule has 3 N–H and O–H groups in total. The number of phenolic OH excluding ortho intramolecular Hbond substituents is 1. The predicted molar refractivity (Wildman–Crippen MR) is 128 cm³/mol. The highest BCUT2D eigenvalue weighted by atomic mass is 35.5. The van der Waals surface area contributed by atoms with Crippen LogP contribution in [0.2, 0.25) is 5.02 Å². The highest BCUT2D eigenvalue weighted by molar-refractivity contribution is 6.32. The summed E-state index contributed by atoms with van der Waals surface area (Å²) in [5.41, 5.74) is 1.40. The van der Waals surface area contributed by atoms with Crippen LogP contribution in [0, 0.1) is 11.7 Å². The van der Waals surface area contributed by atoms with Crippen molar-refractivity contribution in [3.8, 4) is 17.2 Å². The lowest BCUT2D eigenvalue weighted by molar-refractivity contribution is 0.278. The molecule has 0 aliphatic carbocycles. The molecule has 1 aliphatic rings. The summed E-state index contributed by atoms with van der Waals surface area (Å²) in [5, 5.41) is 16.9. The Balaban J connectivity index is 0.00000289. The van der Waals surface area contributed by atoms with Crippen LogP contribution in [0.5, 0.6) is 17.2 Å². The van der Waals surface area contributed by atoms with Crippen LogP contribution in [-0.2, 0) is 0 Å². The zero-order valence-corrected chi connectivity index (χ0v) is 19.2. The number of halogens is 3. The summed E-state index contributed by atoms with van der Waals surface area (Å²) >= 11 is 5.77. The Bertz CT molecular complexity index is 1080. The number of aromatic nitrogens is 1. The molecule has 0 saturated carbocycles. The van der Waals surface area contributed by atoms with Gasteiger partial charge in [0.2, 0.25) is 0 Å². The fourth-order valence-corrected chi connectivity index (χ4v) is 3.98. The minimum atomic E-state index is -0.572. The maximum atomic E-state index is 14.3. The minimum absolute atomic E-state index is 0. The normalized spacial score (nSPS) is 15.4. The van der Waals surface area contributed by atoms with E-state index in [0.717, 1.165) is 43.3 Å². The molecule has 172 valence electrons. The van der Waals surface area contributed by atoms with Crippen molar-refractivity contribution in [3.05, 3.63) is 47.4 Å². The topological polar surface area (TPSA) is 75.6 Å². The molecule has 0 radical (unpaired) electrons. The number of hydrogen-bond donors (Lipinski definition) is 3. The molecule has 4 rings (SSSR count). The standard InChI is InChI=1S/C23H25ClFN3O3.ClH/c1-30-22-9-15-18(28-20-11-21(29)16(24)10-17(20)25)5-7-27-19(15)12-23(22)31-8-2-3-14-4-6-26-13-14;/h5,7,9-12,14,26,29H,2-4,6,8,13H2,1H3,(H,27,28);1H. The van der Waals surface area contributed by atoms with Crippen LogP contribution < -0.4 is 20.1 Å². The molecule has 2 heterocycles. The zero-order chi connectivity index (χ0) is 21.8. The highest BCUT2D eigenvalue weighted by Crippen LogP contribution is 2.37. The number of rotatable bonds is 8. The number of anilines is 2. The van der Waals surface area contributed by atoms with Crippen LogP contribution in [0.1, 0.15) is 19.3 Å². The number of benzene rings is 2. The van der Waals surface area contributed by atoms with Crippen molar-refractivity contribution in [3.63, 3.8) is 0 Å². The average molecular weight is 482 g/mol. The smallest absolute Gasteiger partial charge is 0.163 e. The summed E-state index contributed by atoms with van der Waals surface area (Å²) in [6.45, 7) is 2.79. The number of phenols is 1. The molecule has 1 atom stereocenters. The molecule has 2 aromatic carbocycles. The Morgan fingerprint density at radius 3 is 2.84 bits per heavy atom. The quantitative estimate of drug-likeness (QED) is 0.359. The van der Waals surface area contributed by atoms with Crippen molar-refractivity contribution in [2.24, 2.45) is 5.92 Å². The second kappa shape index (κ2) is 10.9. The second-order valence-corrected chi connectivity index (χ2v) is 8.04. The lowest BCUT2D eigenvalue weighted by Crippen LogP contribution is -2.10. The van der Waals surface area contributed by atoms with E-state index in [1.165, 1.54) is 12.5 Å². The van der Waals surface area contributed by atoms with E-state index < -0.39 is 5.82 Å². The van der Waals surface area contributed by atoms with E-state index in [1.54, 1.807) is 19.4 Å². The van der Waals surface area contributed by atoms with Crippen molar-refractivity contribution < 1.29 is 19.0 Å². The summed E-state index contributed by atoms with van der Waals surface area (Å²) in [4.78, 5) is 4.42. The number of hydrogen-bond acceptors (Lipinski definition) is 6. The van der Waals surface area contributed by atoms with Crippen LogP contribution in [0.3, 0.4) is 0 Å². The van der Waals surface area contributed by atoms with E-state index in [9.17, 15) is 9.50 Å². The van der Waals surface area contributed by atoms with Crippen LogP contribution in [-0.4, -0.2) is 36.9 Å². The van der Waals surface area contributed by atoms with Gasteiger partial charge in [-0.3, -0.25) is 4.98 Å². The minimum Gasteiger partial charge on any atom is -0.506 e. The molecule has 0 bridgehead atoms. The molecule has 1 unspecified atom stereocenters. The van der Waals surface area contributed by atoms with Gasteiger partial charge in [0.1, 0.15) is 11.6 Å². The van der Waals surface area contributed by atoms with Gasteiger partial charge in [-0.05, 0) is 56.5 Å². The first-order valence-corrected chi connectivity index (χ1v) is 10.7. The van der Waals surface area contributed by atoms with Gasteiger partial charge in [0.05, 0.1) is 29.9 Å². The van der Waals surface area contributed by atoms with Gasteiger partial charge < -0.3 is 25.2 Å². The van der Waals surface area contributed by atoms with Crippen LogP contribution in [0.15, 0.2) is 36.5 Å². The van der Waals surface area contributed by atoms with Crippen molar-refractivity contribution in [2.45, 2.75) is 19.3 Å². The summed E-state index contributed by atoms with van der Waals surface area (Å²) in [6.07, 6.45) is 4.96. The zero-order valence-electron chi connectivity index (χ0n) is 17.7. The van der Waals surface area contributed by atoms with Crippen molar-refractivity contribution in [1.29, 1.82) is 0 Å². The molecular weight excluding hydrogens is 456 g/mol. The first kappa shape index (κ1) is 24.2. The van der Waals surface area contributed by atoms with Crippen molar-refractivity contribution >= 4 is 46.3 Å². The van der Waals surface area contributed by atoms with Gasteiger partial charge in [-0.2, -0.15) is 0 Å². The third kappa shape index (κ3) is 5.46. The molecule has 0 spiro atoms. The lowest BCUT2D eigenvalue weighted by atomic mass is 10.0. The lowest BCUT2D eigenvalue weighted by Gasteiger charge is -2.15. The Morgan fingerprint density at radius 1 is 1.25 bits per heavy atom. The number of aromatic hydroxyl groups is 1. The summed E-state index contributed by atoms with van der Waals surface area (Å²) in [6, 6.07) is 7.68. The van der Waals surface area contributed by atoms with Gasteiger partial charge in [0, 0.05) is 29.4 Å². The predicted octanol–water partition coefficient (Wildman–Crippen LogP) is 5.68. The fraction of sp³-hybridized carbons (Fsp3) is 0.348. The molecular formula is C23H26Cl2FN3O3. The van der Waals surface area contributed by atoms with Gasteiger partial charge in [0.15, 0.2) is 11.5 Å². The Hall–Kier alpha value is -2.48. The van der Waals surface area contributed by atoms with E-state index >= 15 is 0 Å². The Kier molecular flexibility index (Phi) is 8.23. The molecule has 1 saturated heterocycles. The number of ether oxygens (including phenoxy) is 2. The van der Waals surface area contributed by atoms with Gasteiger partial charge in [-0.25, -0.2) is 4.39 Å². The SMILES string of the molecule is COc1cc2c(Nc3cc(O)c(Cl)cc3F)ccnc2cc1OCCCC1CCNC1.Cl. The fourth-order valence-electron chi connectivity index (χ4n) is 3.83. The molecule has 1 aromatic heterocycles. The maximum Gasteiger partial charge on any atom is 0.163 e. The third-order valence-electron chi connectivity index (χ3n) is 5.51. The molecule has 6 nitrogen and oxygen atoms in total. The number of nitrogens with one attached hydrogen (secondary N) is 2. The van der Waals surface area contributed by atoms with Gasteiger partial charge in [-0.1, -0.05) is 11.6 Å². The van der Waals surface area contributed by atoms with Gasteiger partial charge in [-0.15, -0.1) is 12.4 Å². The van der Waals surface area contributed by atoms with Crippen molar-refractivity contribution in [1.82, 2.24) is 10.3 Å². The summed E-state index contributed by atoms with van der Waals surface area (Å²) < 4.78 is 25.8. The summed E-state index contributed by atoms with van der Waals surface area (Å²) in [7, 11) is 1.58. The summed E-state index contributed by atoms with van der Waals surface area (Å²) in [5.74, 6) is 1.15. The molecule has 32 heavy (non-hydrogen) atoms. The first-order chi connectivity index (χ1) is 15.0. The second-order valence-electron chi connectivity index (χ2n) is 7.64. The molecule has 9 heteroatoms. The van der Waals surface area contributed by atoms with E-state index in [2.05, 4.69) is 15.6 Å². The van der Waals surface area contributed by atoms with Gasteiger partial charge >= 0.3 is 0 Å². The first-order valence-electron chi connectivity index (χ1n) is 10.3. The van der Waals surface area contributed by atoms with E-state index in [4.69, 9.17) is 21.1 Å². The van der Waals surface area contributed by atoms with E-state index in [1.807, 2.05) is 12.1 Å². The number of nitrogens with zero attached hydrogens (tertiary/aromatic N) is 1. The molecule has 1 fully saturated rings.